The zero-order valence-corrected chi connectivity index (χ0v) is 15.7. The third-order valence-corrected chi connectivity index (χ3v) is 4.24. The largest absolute Gasteiger partial charge is 0.488 e. The lowest BCUT2D eigenvalue weighted by atomic mass is 10.2. The second kappa shape index (κ2) is 7.84. The van der Waals surface area contributed by atoms with Gasteiger partial charge < -0.3 is 19.7 Å². The van der Waals surface area contributed by atoms with E-state index in [0.29, 0.717) is 23.7 Å². The van der Waals surface area contributed by atoms with E-state index in [1.807, 2.05) is 43.3 Å². The molecule has 25 heavy (non-hydrogen) atoms. The van der Waals surface area contributed by atoms with Crippen molar-refractivity contribution in [3.8, 4) is 5.75 Å². The highest BCUT2D eigenvalue weighted by molar-refractivity contribution is 9.10. The van der Waals surface area contributed by atoms with Crippen LogP contribution in [0.15, 0.2) is 41.0 Å². The molecule has 132 valence electrons. The number of aromatic nitrogens is 1. The van der Waals surface area contributed by atoms with Crippen LogP contribution in [0.5, 0.6) is 5.75 Å². The standard InChI is InChI=1S/C18H20BrN3O3/c1-22(2)17-16(9-12(19)10-20-17)18(23)21-13-3-5-14(6-4-13)25-15-7-8-24-11-15/h3-6,9-10,15H,7-8,11H2,1-2H3,(H,21,23). The molecule has 1 N–H and O–H groups in total. The van der Waals surface area contributed by atoms with Crippen LogP contribution in [0.2, 0.25) is 0 Å². The Morgan fingerprint density at radius 2 is 2.12 bits per heavy atom. The summed E-state index contributed by atoms with van der Waals surface area (Å²) in [6.45, 7) is 1.37. The van der Waals surface area contributed by atoms with Crippen molar-refractivity contribution in [2.45, 2.75) is 12.5 Å². The molecule has 1 atom stereocenters. The smallest absolute Gasteiger partial charge is 0.259 e. The van der Waals surface area contributed by atoms with Crippen molar-refractivity contribution < 1.29 is 14.3 Å². The monoisotopic (exact) mass is 405 g/mol. The van der Waals surface area contributed by atoms with E-state index in [0.717, 1.165) is 23.2 Å². The maximum atomic E-state index is 12.6. The number of carbonyl (C=O) groups excluding carboxylic acids is 1. The van der Waals surface area contributed by atoms with Crippen LogP contribution in [0.3, 0.4) is 0 Å². The van der Waals surface area contributed by atoms with Gasteiger partial charge in [0, 0.05) is 36.9 Å². The number of halogens is 1. The zero-order chi connectivity index (χ0) is 17.8. The average molecular weight is 406 g/mol. The molecule has 0 radical (unpaired) electrons. The van der Waals surface area contributed by atoms with Gasteiger partial charge in [-0.15, -0.1) is 0 Å². The fourth-order valence-electron chi connectivity index (χ4n) is 2.57. The Morgan fingerprint density at radius 3 is 2.76 bits per heavy atom. The summed E-state index contributed by atoms with van der Waals surface area (Å²) < 4.78 is 11.9. The molecule has 0 spiro atoms. The van der Waals surface area contributed by atoms with Crippen LogP contribution in [0.25, 0.3) is 0 Å². The molecule has 7 heteroatoms. The average Bonchev–Trinajstić information content (AvgIpc) is 3.09. The van der Waals surface area contributed by atoms with Gasteiger partial charge >= 0.3 is 0 Å². The summed E-state index contributed by atoms with van der Waals surface area (Å²) in [5.41, 5.74) is 1.20. The van der Waals surface area contributed by atoms with Gasteiger partial charge in [0.2, 0.25) is 0 Å². The topological polar surface area (TPSA) is 63.7 Å². The van der Waals surface area contributed by atoms with E-state index in [-0.39, 0.29) is 12.0 Å². The van der Waals surface area contributed by atoms with Gasteiger partial charge in [0.1, 0.15) is 17.7 Å². The Hall–Kier alpha value is -2.12. The van der Waals surface area contributed by atoms with E-state index in [1.165, 1.54) is 0 Å². The first-order valence-electron chi connectivity index (χ1n) is 8.01. The number of pyridine rings is 1. The van der Waals surface area contributed by atoms with Crippen LogP contribution < -0.4 is 15.0 Å². The molecule has 0 saturated carbocycles. The second-order valence-electron chi connectivity index (χ2n) is 6.00. The quantitative estimate of drug-likeness (QED) is 0.826. The summed E-state index contributed by atoms with van der Waals surface area (Å²) in [5.74, 6) is 1.17. The van der Waals surface area contributed by atoms with Crippen molar-refractivity contribution in [1.29, 1.82) is 0 Å². The maximum Gasteiger partial charge on any atom is 0.259 e. The molecule has 1 unspecified atom stereocenters. The molecule has 1 aliphatic rings. The zero-order valence-electron chi connectivity index (χ0n) is 14.2. The molecular formula is C18H20BrN3O3. The third-order valence-electron chi connectivity index (χ3n) is 3.80. The van der Waals surface area contributed by atoms with Crippen molar-refractivity contribution in [3.63, 3.8) is 0 Å². The fraction of sp³-hybridized carbons (Fsp3) is 0.333. The molecule has 3 rings (SSSR count). The highest BCUT2D eigenvalue weighted by Crippen LogP contribution is 2.23. The molecule has 1 amide bonds. The van der Waals surface area contributed by atoms with Gasteiger partial charge in [-0.2, -0.15) is 0 Å². The Morgan fingerprint density at radius 1 is 1.36 bits per heavy atom. The summed E-state index contributed by atoms with van der Waals surface area (Å²) in [5, 5.41) is 2.89. The first-order valence-corrected chi connectivity index (χ1v) is 8.81. The van der Waals surface area contributed by atoms with Crippen LogP contribution >= 0.6 is 15.9 Å². The van der Waals surface area contributed by atoms with E-state index >= 15 is 0 Å². The number of amides is 1. The number of rotatable bonds is 5. The summed E-state index contributed by atoms with van der Waals surface area (Å²) >= 11 is 3.36. The normalized spacial score (nSPS) is 16.5. The predicted molar refractivity (Wildman–Crippen MR) is 101 cm³/mol. The van der Waals surface area contributed by atoms with Crippen molar-refractivity contribution >= 4 is 33.3 Å². The molecule has 6 nitrogen and oxygen atoms in total. The van der Waals surface area contributed by atoms with Crippen LogP contribution in [0, 0.1) is 0 Å². The van der Waals surface area contributed by atoms with Crippen LogP contribution in [-0.4, -0.2) is 44.3 Å². The summed E-state index contributed by atoms with van der Waals surface area (Å²) in [7, 11) is 3.71. The highest BCUT2D eigenvalue weighted by atomic mass is 79.9. The Kier molecular flexibility index (Phi) is 5.55. The molecule has 2 aromatic rings. The molecule has 1 saturated heterocycles. The van der Waals surface area contributed by atoms with Gasteiger partial charge in [-0.1, -0.05) is 0 Å². The summed E-state index contributed by atoms with van der Waals surface area (Å²) in [6.07, 6.45) is 2.68. The third kappa shape index (κ3) is 4.49. The van der Waals surface area contributed by atoms with E-state index in [9.17, 15) is 4.79 Å². The number of nitrogens with zero attached hydrogens (tertiary/aromatic N) is 2. The minimum Gasteiger partial charge on any atom is -0.488 e. The molecule has 0 aliphatic carbocycles. The van der Waals surface area contributed by atoms with Gasteiger partial charge in [0.05, 0.1) is 18.8 Å². The first-order chi connectivity index (χ1) is 12.0. The fourth-order valence-corrected chi connectivity index (χ4v) is 2.90. The lowest BCUT2D eigenvalue weighted by Crippen LogP contribution is -2.20. The Bertz CT molecular complexity index is 744. The maximum absolute atomic E-state index is 12.6. The summed E-state index contributed by atoms with van der Waals surface area (Å²) in [6, 6.07) is 9.10. The van der Waals surface area contributed by atoms with Gasteiger partial charge in [-0.05, 0) is 46.3 Å². The van der Waals surface area contributed by atoms with Gasteiger partial charge in [-0.25, -0.2) is 4.98 Å². The first kappa shape index (κ1) is 17.7. The Balaban J connectivity index is 1.69. The number of benzene rings is 1. The van der Waals surface area contributed by atoms with Crippen LogP contribution in [0.1, 0.15) is 16.8 Å². The van der Waals surface area contributed by atoms with Crippen molar-refractivity contribution in [3.05, 3.63) is 46.6 Å². The van der Waals surface area contributed by atoms with Crippen molar-refractivity contribution in [1.82, 2.24) is 4.98 Å². The molecule has 1 fully saturated rings. The molecule has 2 heterocycles. The van der Waals surface area contributed by atoms with Gasteiger partial charge in [0.25, 0.3) is 5.91 Å². The number of hydrogen-bond donors (Lipinski definition) is 1. The van der Waals surface area contributed by atoms with E-state index < -0.39 is 0 Å². The summed E-state index contributed by atoms with van der Waals surface area (Å²) in [4.78, 5) is 18.7. The second-order valence-corrected chi connectivity index (χ2v) is 6.92. The lowest BCUT2D eigenvalue weighted by molar-refractivity contribution is 0.102. The van der Waals surface area contributed by atoms with Crippen molar-refractivity contribution in [2.75, 3.05) is 37.5 Å². The van der Waals surface area contributed by atoms with Gasteiger partial charge in [-0.3, -0.25) is 4.79 Å². The number of carbonyl (C=O) groups is 1. The number of anilines is 2. The van der Waals surface area contributed by atoms with E-state index in [1.54, 1.807) is 12.3 Å². The van der Waals surface area contributed by atoms with Crippen LogP contribution in [0.4, 0.5) is 11.5 Å². The molecule has 1 aliphatic heterocycles. The molecule has 0 bridgehead atoms. The number of nitrogens with one attached hydrogen (secondary N) is 1. The van der Waals surface area contributed by atoms with Crippen molar-refractivity contribution in [2.24, 2.45) is 0 Å². The molecule has 1 aromatic carbocycles. The molecule has 1 aromatic heterocycles. The minimum absolute atomic E-state index is 0.107. The minimum atomic E-state index is -0.213. The van der Waals surface area contributed by atoms with E-state index in [2.05, 4.69) is 26.2 Å². The number of ether oxygens (including phenoxy) is 2. The van der Waals surface area contributed by atoms with E-state index in [4.69, 9.17) is 9.47 Å². The lowest BCUT2D eigenvalue weighted by Gasteiger charge is -2.16. The molecular weight excluding hydrogens is 386 g/mol. The number of hydrogen-bond acceptors (Lipinski definition) is 5. The Labute approximate surface area is 155 Å². The SMILES string of the molecule is CN(C)c1ncc(Br)cc1C(=O)Nc1ccc(OC2CCOC2)cc1. The highest BCUT2D eigenvalue weighted by Gasteiger charge is 2.18. The van der Waals surface area contributed by atoms with Gasteiger partial charge in [0.15, 0.2) is 0 Å². The van der Waals surface area contributed by atoms with Crippen LogP contribution in [-0.2, 0) is 4.74 Å². The predicted octanol–water partition coefficient (Wildman–Crippen LogP) is 3.33.